The quantitative estimate of drug-likeness (QED) is 0.906. The number of aromatic nitrogens is 2. The van der Waals surface area contributed by atoms with Gasteiger partial charge < -0.3 is 9.72 Å². The molecule has 0 bridgehead atoms. The maximum atomic E-state index is 12.3. The second-order valence-electron chi connectivity index (χ2n) is 5.41. The van der Waals surface area contributed by atoms with Gasteiger partial charge in [-0.1, -0.05) is 0 Å². The molecule has 1 atom stereocenters. The van der Waals surface area contributed by atoms with Crippen LogP contribution in [0.3, 0.4) is 0 Å². The van der Waals surface area contributed by atoms with Crippen molar-refractivity contribution in [2.45, 2.75) is 32.3 Å². The van der Waals surface area contributed by atoms with Gasteiger partial charge in [0.15, 0.2) is 0 Å². The third kappa shape index (κ3) is 3.19. The van der Waals surface area contributed by atoms with E-state index < -0.39 is 10.0 Å². The number of hydrogen-bond acceptors (Lipinski definition) is 4. The summed E-state index contributed by atoms with van der Waals surface area (Å²) in [6.07, 6.45) is 5.97. The minimum absolute atomic E-state index is 0.00237. The van der Waals surface area contributed by atoms with Gasteiger partial charge in [0.1, 0.15) is 5.65 Å². The van der Waals surface area contributed by atoms with Gasteiger partial charge >= 0.3 is 0 Å². The number of anilines is 1. The molecule has 0 saturated carbocycles. The molecule has 0 aliphatic carbocycles. The fourth-order valence-electron chi connectivity index (χ4n) is 2.64. The predicted octanol–water partition coefficient (Wildman–Crippen LogP) is 2.18. The van der Waals surface area contributed by atoms with Crippen LogP contribution in [-0.2, 0) is 14.8 Å². The van der Waals surface area contributed by atoms with Crippen molar-refractivity contribution < 1.29 is 13.2 Å². The van der Waals surface area contributed by atoms with E-state index in [1.54, 1.807) is 12.4 Å². The molecule has 2 aromatic heterocycles. The summed E-state index contributed by atoms with van der Waals surface area (Å²) in [6, 6.07) is 1.89. The molecule has 114 valence electrons. The number of hydrogen-bond donors (Lipinski definition) is 2. The maximum absolute atomic E-state index is 12.3. The molecule has 0 radical (unpaired) electrons. The third-order valence-corrected chi connectivity index (χ3v) is 5.14. The lowest BCUT2D eigenvalue weighted by atomic mass is 10.1. The van der Waals surface area contributed by atoms with Crippen LogP contribution >= 0.6 is 0 Å². The average Bonchev–Trinajstić information content (AvgIpc) is 2.92. The topological polar surface area (TPSA) is 84.1 Å². The lowest BCUT2D eigenvalue weighted by Crippen LogP contribution is -2.31. The summed E-state index contributed by atoms with van der Waals surface area (Å²) in [5.41, 5.74) is 2.15. The predicted molar refractivity (Wildman–Crippen MR) is 81.8 cm³/mol. The first-order valence-corrected chi connectivity index (χ1v) is 8.75. The molecule has 2 aromatic rings. The second-order valence-corrected chi connectivity index (χ2v) is 7.18. The summed E-state index contributed by atoms with van der Waals surface area (Å²) in [5.74, 6) is -0.00237. The Hall–Kier alpha value is -1.60. The Morgan fingerprint density at radius 2 is 2.33 bits per heavy atom. The van der Waals surface area contributed by atoms with Gasteiger partial charge in [0.2, 0.25) is 10.0 Å². The van der Waals surface area contributed by atoms with Gasteiger partial charge in [-0.2, -0.15) is 0 Å². The summed E-state index contributed by atoms with van der Waals surface area (Å²) in [7, 11) is -3.43. The van der Waals surface area contributed by atoms with Gasteiger partial charge in [-0.05, 0) is 37.8 Å². The molecule has 2 N–H and O–H groups in total. The van der Waals surface area contributed by atoms with Gasteiger partial charge in [-0.25, -0.2) is 13.4 Å². The zero-order valence-electron chi connectivity index (χ0n) is 11.9. The van der Waals surface area contributed by atoms with Crippen molar-refractivity contribution in [1.29, 1.82) is 0 Å². The summed E-state index contributed by atoms with van der Waals surface area (Å²) in [4.78, 5) is 7.23. The number of H-pyrrole nitrogens is 1. The molecule has 1 aliphatic rings. The lowest BCUT2D eigenvalue weighted by molar-refractivity contribution is 0.0306. The number of ether oxygens (including phenoxy) is 1. The van der Waals surface area contributed by atoms with E-state index in [2.05, 4.69) is 14.7 Å². The highest BCUT2D eigenvalue weighted by Crippen LogP contribution is 2.24. The largest absolute Gasteiger partial charge is 0.377 e. The number of nitrogens with one attached hydrogen (secondary N) is 2. The highest BCUT2D eigenvalue weighted by molar-refractivity contribution is 7.92. The molecule has 0 aromatic carbocycles. The summed E-state index contributed by atoms with van der Waals surface area (Å²) in [5, 5.41) is 0.920. The SMILES string of the molecule is Cc1c(NS(=O)(=O)CC2CCCCO2)cnc2[nH]ccc12. The first-order chi connectivity index (χ1) is 10.1. The molecule has 1 unspecified atom stereocenters. The molecule has 1 fully saturated rings. The number of rotatable bonds is 4. The molecule has 0 amide bonds. The van der Waals surface area contributed by atoms with Crippen LogP contribution in [-0.4, -0.2) is 36.8 Å². The molecule has 3 heterocycles. The third-order valence-electron chi connectivity index (χ3n) is 3.80. The summed E-state index contributed by atoms with van der Waals surface area (Å²) < 4.78 is 32.7. The Morgan fingerprint density at radius 1 is 1.48 bits per heavy atom. The molecule has 1 aliphatic heterocycles. The number of pyridine rings is 1. The van der Waals surface area contributed by atoms with Gasteiger partial charge in [0.25, 0.3) is 0 Å². The number of aryl methyl sites for hydroxylation is 1. The lowest BCUT2D eigenvalue weighted by Gasteiger charge is -2.22. The smallest absolute Gasteiger partial charge is 0.235 e. The van der Waals surface area contributed by atoms with E-state index in [0.717, 1.165) is 35.9 Å². The molecule has 1 saturated heterocycles. The number of fused-ring (bicyclic) bond motifs is 1. The van der Waals surface area contributed by atoms with Crippen LogP contribution in [0.1, 0.15) is 24.8 Å². The standard InChI is InChI=1S/C14H19N3O3S/c1-10-12-5-6-15-14(12)16-8-13(10)17-21(18,19)9-11-4-2-3-7-20-11/h5-6,8,11,17H,2-4,7,9H2,1H3,(H,15,16). The summed E-state index contributed by atoms with van der Waals surface area (Å²) >= 11 is 0. The normalized spacial score (nSPS) is 19.8. The Kier molecular flexibility index (Phi) is 3.86. The van der Waals surface area contributed by atoms with Crippen molar-refractivity contribution in [2.24, 2.45) is 0 Å². The van der Waals surface area contributed by atoms with E-state index >= 15 is 0 Å². The van der Waals surface area contributed by atoms with Gasteiger partial charge in [-0.3, -0.25) is 4.72 Å². The zero-order chi connectivity index (χ0) is 14.9. The first-order valence-electron chi connectivity index (χ1n) is 7.10. The number of nitrogens with zero attached hydrogens (tertiary/aromatic N) is 1. The van der Waals surface area contributed by atoms with Crippen LogP contribution in [0.5, 0.6) is 0 Å². The van der Waals surface area contributed by atoms with E-state index in [1.807, 2.05) is 13.0 Å². The fraction of sp³-hybridized carbons (Fsp3) is 0.500. The number of sulfonamides is 1. The van der Waals surface area contributed by atoms with Crippen LogP contribution in [0.4, 0.5) is 5.69 Å². The van der Waals surface area contributed by atoms with Crippen molar-refractivity contribution in [3.8, 4) is 0 Å². The maximum Gasteiger partial charge on any atom is 0.235 e. The van der Waals surface area contributed by atoms with E-state index in [-0.39, 0.29) is 11.9 Å². The molecular weight excluding hydrogens is 290 g/mol. The molecule has 7 heteroatoms. The fourth-order valence-corrected chi connectivity index (χ4v) is 4.01. The molecule has 3 rings (SSSR count). The molecule has 21 heavy (non-hydrogen) atoms. The highest BCUT2D eigenvalue weighted by Gasteiger charge is 2.22. The Morgan fingerprint density at radius 3 is 3.10 bits per heavy atom. The van der Waals surface area contributed by atoms with Crippen molar-refractivity contribution in [3.63, 3.8) is 0 Å². The summed E-state index contributed by atoms with van der Waals surface area (Å²) in [6.45, 7) is 2.53. The van der Waals surface area contributed by atoms with Crippen molar-refractivity contribution in [2.75, 3.05) is 17.1 Å². The second kappa shape index (κ2) is 5.65. The van der Waals surface area contributed by atoms with E-state index in [0.29, 0.717) is 12.3 Å². The highest BCUT2D eigenvalue weighted by atomic mass is 32.2. The molecule has 6 nitrogen and oxygen atoms in total. The Labute approximate surface area is 124 Å². The Balaban J connectivity index is 1.78. The van der Waals surface area contributed by atoms with Crippen molar-refractivity contribution in [1.82, 2.24) is 9.97 Å². The van der Waals surface area contributed by atoms with Crippen LogP contribution in [0, 0.1) is 6.92 Å². The van der Waals surface area contributed by atoms with E-state index in [1.165, 1.54) is 0 Å². The molecule has 0 spiro atoms. The van der Waals surface area contributed by atoms with Crippen molar-refractivity contribution in [3.05, 3.63) is 24.0 Å². The van der Waals surface area contributed by atoms with Crippen LogP contribution < -0.4 is 4.72 Å². The van der Waals surface area contributed by atoms with E-state index in [9.17, 15) is 8.42 Å². The first kappa shape index (κ1) is 14.3. The van der Waals surface area contributed by atoms with E-state index in [4.69, 9.17) is 4.74 Å². The number of aromatic amines is 1. The monoisotopic (exact) mass is 309 g/mol. The van der Waals surface area contributed by atoms with Gasteiger partial charge in [-0.15, -0.1) is 0 Å². The zero-order valence-corrected chi connectivity index (χ0v) is 12.7. The van der Waals surface area contributed by atoms with Crippen LogP contribution in [0.2, 0.25) is 0 Å². The average molecular weight is 309 g/mol. The Bertz CT molecular complexity index is 733. The van der Waals surface area contributed by atoms with Gasteiger partial charge in [0.05, 0.1) is 23.7 Å². The minimum atomic E-state index is -3.43. The van der Waals surface area contributed by atoms with Gasteiger partial charge in [0, 0.05) is 18.2 Å². The van der Waals surface area contributed by atoms with Crippen LogP contribution in [0.15, 0.2) is 18.5 Å². The van der Waals surface area contributed by atoms with Crippen molar-refractivity contribution >= 4 is 26.7 Å². The minimum Gasteiger partial charge on any atom is -0.377 e. The molecular formula is C14H19N3O3S. The van der Waals surface area contributed by atoms with Crippen LogP contribution in [0.25, 0.3) is 11.0 Å².